The molecule has 1 aliphatic heterocycles. The molecule has 0 aromatic heterocycles. The number of anilines is 1. The topological polar surface area (TPSA) is 79.9 Å². The predicted octanol–water partition coefficient (Wildman–Crippen LogP) is 2.49. The number of ether oxygens (including phenoxy) is 2. The summed E-state index contributed by atoms with van der Waals surface area (Å²) in [6, 6.07) is 7.65. The molecule has 1 aromatic carbocycles. The van der Waals surface area contributed by atoms with Crippen LogP contribution >= 0.6 is 0 Å². The normalized spacial score (nSPS) is 15.8. The Labute approximate surface area is 174 Å². The van der Waals surface area contributed by atoms with Crippen LogP contribution in [0.3, 0.4) is 0 Å². The van der Waals surface area contributed by atoms with Gasteiger partial charge in [-0.2, -0.15) is 0 Å². The maximum absolute atomic E-state index is 12.7. The summed E-state index contributed by atoms with van der Waals surface area (Å²) in [7, 11) is 0. The van der Waals surface area contributed by atoms with Crippen LogP contribution in [-0.4, -0.2) is 56.3 Å². The maximum atomic E-state index is 12.7. The van der Waals surface area contributed by atoms with Crippen molar-refractivity contribution in [2.45, 2.75) is 65.2 Å². The van der Waals surface area contributed by atoms with Gasteiger partial charge in [-0.3, -0.25) is 9.59 Å². The van der Waals surface area contributed by atoms with E-state index in [0.29, 0.717) is 25.4 Å². The van der Waals surface area contributed by atoms with E-state index in [2.05, 4.69) is 10.6 Å². The second-order valence-corrected chi connectivity index (χ2v) is 7.60. The van der Waals surface area contributed by atoms with Crippen LogP contribution in [0.1, 0.15) is 47.0 Å². The smallest absolute Gasteiger partial charge is 0.263 e. The first-order valence-electron chi connectivity index (χ1n) is 10.6. The zero-order valence-electron chi connectivity index (χ0n) is 18.1. The van der Waals surface area contributed by atoms with Crippen molar-refractivity contribution in [2.24, 2.45) is 0 Å². The van der Waals surface area contributed by atoms with Crippen molar-refractivity contribution >= 4 is 17.5 Å². The van der Waals surface area contributed by atoms with Gasteiger partial charge in [-0.1, -0.05) is 26.0 Å². The molecule has 0 fully saturated rings. The van der Waals surface area contributed by atoms with E-state index >= 15 is 0 Å². The van der Waals surface area contributed by atoms with E-state index in [1.165, 1.54) is 0 Å². The fraction of sp³-hybridized carbons (Fsp3) is 0.636. The van der Waals surface area contributed by atoms with E-state index in [1.807, 2.05) is 56.9 Å². The molecular weight excluding hydrogens is 370 g/mol. The molecule has 2 N–H and O–H groups in total. The predicted molar refractivity (Wildman–Crippen MR) is 114 cm³/mol. The van der Waals surface area contributed by atoms with Gasteiger partial charge < -0.3 is 25.0 Å². The third kappa shape index (κ3) is 7.24. The van der Waals surface area contributed by atoms with Gasteiger partial charge in [-0.25, -0.2) is 0 Å². The Balaban J connectivity index is 1.95. The lowest BCUT2D eigenvalue weighted by atomic mass is 10.1. The molecule has 0 saturated heterocycles. The number of fused-ring (bicyclic) bond motifs is 1. The molecule has 0 radical (unpaired) electrons. The number of carbonyl (C=O) groups excluding carboxylic acids is 2. The molecule has 0 spiro atoms. The van der Waals surface area contributed by atoms with Gasteiger partial charge in [0.05, 0.1) is 24.9 Å². The second kappa shape index (κ2) is 11.7. The number of hydrogen-bond acceptors (Lipinski definition) is 5. The van der Waals surface area contributed by atoms with Gasteiger partial charge in [-0.15, -0.1) is 0 Å². The van der Waals surface area contributed by atoms with Crippen LogP contribution in [0.15, 0.2) is 24.3 Å². The van der Waals surface area contributed by atoms with Crippen LogP contribution < -0.4 is 20.3 Å². The summed E-state index contributed by atoms with van der Waals surface area (Å²) < 4.78 is 11.4. The largest absolute Gasteiger partial charge is 0.477 e. The average Bonchev–Trinajstić information content (AvgIpc) is 2.71. The molecule has 0 aliphatic carbocycles. The van der Waals surface area contributed by atoms with Crippen molar-refractivity contribution in [3.8, 4) is 5.75 Å². The second-order valence-electron chi connectivity index (χ2n) is 7.60. The van der Waals surface area contributed by atoms with Gasteiger partial charge in [0.1, 0.15) is 5.75 Å². The number of amides is 2. The molecule has 1 heterocycles. The lowest BCUT2D eigenvalue weighted by molar-refractivity contribution is -0.129. The molecule has 7 nitrogen and oxygen atoms in total. The van der Waals surface area contributed by atoms with Crippen LogP contribution in [0.5, 0.6) is 5.75 Å². The summed E-state index contributed by atoms with van der Waals surface area (Å²) in [5.41, 5.74) is 0.831. The first kappa shape index (κ1) is 23.0. The van der Waals surface area contributed by atoms with E-state index in [9.17, 15) is 9.59 Å². The van der Waals surface area contributed by atoms with Gasteiger partial charge in [0.2, 0.25) is 5.91 Å². The quantitative estimate of drug-likeness (QED) is 0.553. The molecular formula is C22H35N3O4. The molecule has 1 atom stereocenters. The Morgan fingerprint density at radius 2 is 1.97 bits per heavy atom. The lowest BCUT2D eigenvalue weighted by Gasteiger charge is -2.35. The monoisotopic (exact) mass is 405 g/mol. The number of rotatable bonds is 11. The molecule has 0 bridgehead atoms. The van der Waals surface area contributed by atoms with Crippen LogP contribution in [0.2, 0.25) is 0 Å². The highest BCUT2D eigenvalue weighted by molar-refractivity contribution is 5.86. The third-order valence-corrected chi connectivity index (χ3v) is 4.91. The summed E-state index contributed by atoms with van der Waals surface area (Å²) in [5, 5.41) is 5.97. The minimum atomic E-state index is -0.641. The molecule has 0 saturated carbocycles. The standard InChI is InChI=1S/C22H35N3O4/c1-5-17(6-2)24-22(27)20-14-25(18-10-7-8-11-19(18)29-20)15-21(26)23-12-9-13-28-16(3)4/h7-8,10-11,16-17,20H,5-6,9,12-15H2,1-4H3,(H,23,26)(H,24,27). The van der Waals surface area contributed by atoms with Crippen LogP contribution in [0, 0.1) is 0 Å². The molecule has 29 heavy (non-hydrogen) atoms. The number of nitrogens with zero attached hydrogens (tertiary/aromatic N) is 1. The summed E-state index contributed by atoms with van der Waals surface area (Å²) >= 11 is 0. The number of nitrogens with one attached hydrogen (secondary N) is 2. The average molecular weight is 406 g/mol. The zero-order valence-corrected chi connectivity index (χ0v) is 18.1. The van der Waals surface area contributed by atoms with Crippen LogP contribution in [-0.2, 0) is 14.3 Å². The molecule has 1 unspecified atom stereocenters. The molecule has 1 aliphatic rings. The van der Waals surface area contributed by atoms with Crippen molar-refractivity contribution in [2.75, 3.05) is 31.1 Å². The Bertz CT molecular complexity index is 661. The Morgan fingerprint density at radius 3 is 2.66 bits per heavy atom. The molecule has 2 rings (SSSR count). The van der Waals surface area contributed by atoms with Gasteiger partial charge in [-0.05, 0) is 45.2 Å². The highest BCUT2D eigenvalue weighted by Gasteiger charge is 2.32. The Hall–Kier alpha value is -2.28. The van der Waals surface area contributed by atoms with Crippen molar-refractivity contribution in [3.05, 3.63) is 24.3 Å². The van der Waals surface area contributed by atoms with E-state index in [4.69, 9.17) is 9.47 Å². The van der Waals surface area contributed by atoms with Gasteiger partial charge in [0, 0.05) is 19.2 Å². The van der Waals surface area contributed by atoms with Gasteiger partial charge in [0.15, 0.2) is 6.10 Å². The minimum Gasteiger partial charge on any atom is -0.477 e. The number of benzene rings is 1. The van der Waals surface area contributed by atoms with Crippen LogP contribution in [0.25, 0.3) is 0 Å². The fourth-order valence-electron chi connectivity index (χ4n) is 3.23. The number of hydrogen-bond donors (Lipinski definition) is 2. The maximum Gasteiger partial charge on any atom is 0.263 e. The van der Waals surface area contributed by atoms with Crippen LogP contribution in [0.4, 0.5) is 5.69 Å². The first-order chi connectivity index (χ1) is 13.9. The van der Waals surface area contributed by atoms with E-state index in [-0.39, 0.29) is 30.5 Å². The summed E-state index contributed by atoms with van der Waals surface area (Å²) in [6.45, 7) is 9.79. The summed E-state index contributed by atoms with van der Waals surface area (Å²) in [4.78, 5) is 27.0. The summed E-state index contributed by atoms with van der Waals surface area (Å²) in [6.07, 6.45) is 2.07. The Kier molecular flexibility index (Phi) is 9.25. The summed E-state index contributed by atoms with van der Waals surface area (Å²) in [5.74, 6) is 0.413. The number of carbonyl (C=O) groups is 2. The Morgan fingerprint density at radius 1 is 1.24 bits per heavy atom. The zero-order chi connectivity index (χ0) is 21.2. The minimum absolute atomic E-state index is 0.0783. The molecule has 7 heteroatoms. The number of para-hydroxylation sites is 2. The van der Waals surface area contributed by atoms with E-state index < -0.39 is 6.10 Å². The highest BCUT2D eigenvalue weighted by Crippen LogP contribution is 2.32. The molecule has 2 amide bonds. The fourth-order valence-corrected chi connectivity index (χ4v) is 3.23. The van der Waals surface area contributed by atoms with Gasteiger partial charge >= 0.3 is 0 Å². The lowest BCUT2D eigenvalue weighted by Crippen LogP contribution is -2.52. The highest BCUT2D eigenvalue weighted by atomic mass is 16.5. The van der Waals surface area contributed by atoms with Crippen molar-refractivity contribution in [3.63, 3.8) is 0 Å². The SMILES string of the molecule is CCC(CC)NC(=O)C1CN(CC(=O)NCCCOC(C)C)c2ccccc2O1. The molecule has 1 aromatic rings. The third-order valence-electron chi connectivity index (χ3n) is 4.91. The van der Waals surface area contributed by atoms with Gasteiger partial charge in [0.25, 0.3) is 5.91 Å². The van der Waals surface area contributed by atoms with Crippen molar-refractivity contribution < 1.29 is 19.1 Å². The van der Waals surface area contributed by atoms with Crippen molar-refractivity contribution in [1.29, 1.82) is 0 Å². The van der Waals surface area contributed by atoms with E-state index in [1.54, 1.807) is 0 Å². The first-order valence-corrected chi connectivity index (χ1v) is 10.6. The van der Waals surface area contributed by atoms with E-state index in [0.717, 1.165) is 24.9 Å². The van der Waals surface area contributed by atoms with Crippen molar-refractivity contribution in [1.82, 2.24) is 10.6 Å². The molecule has 162 valence electrons.